The van der Waals surface area contributed by atoms with E-state index >= 15 is 0 Å². The lowest BCUT2D eigenvalue weighted by atomic mass is 10.2. The van der Waals surface area contributed by atoms with Gasteiger partial charge in [0.05, 0.1) is 5.52 Å². The van der Waals surface area contributed by atoms with Crippen LogP contribution in [0.1, 0.15) is 0 Å². The monoisotopic (exact) mass is 185 g/mol. The summed E-state index contributed by atoms with van der Waals surface area (Å²) < 4.78 is 0. The number of aromatic nitrogens is 6. The van der Waals surface area contributed by atoms with Gasteiger partial charge >= 0.3 is 0 Å². The molecule has 0 saturated carbocycles. The van der Waals surface area contributed by atoms with Gasteiger partial charge in [-0.2, -0.15) is 0 Å². The molecule has 0 atom stereocenters. The first-order valence-corrected chi connectivity index (χ1v) is 4.04. The highest BCUT2D eigenvalue weighted by Gasteiger charge is 2.08. The summed E-state index contributed by atoms with van der Waals surface area (Å²) in [5.74, 6) is 0.608. The number of nitrogens with zero attached hydrogens (tertiary/aromatic N) is 4. The lowest BCUT2D eigenvalue weighted by molar-refractivity contribution is 0.881. The van der Waals surface area contributed by atoms with Crippen molar-refractivity contribution >= 4 is 11.0 Å². The average molecular weight is 185 g/mol. The molecule has 2 heterocycles. The number of H-pyrrole nitrogens is 2. The van der Waals surface area contributed by atoms with E-state index in [9.17, 15) is 0 Å². The second-order valence-corrected chi connectivity index (χ2v) is 2.80. The first-order valence-electron chi connectivity index (χ1n) is 4.04. The van der Waals surface area contributed by atoms with Crippen LogP contribution in [0.4, 0.5) is 0 Å². The van der Waals surface area contributed by atoms with Crippen LogP contribution in [-0.2, 0) is 0 Å². The molecule has 6 heteroatoms. The van der Waals surface area contributed by atoms with Crippen LogP contribution in [-0.4, -0.2) is 30.6 Å². The van der Waals surface area contributed by atoms with E-state index < -0.39 is 0 Å². The molecule has 1 radical (unpaired) electrons. The summed E-state index contributed by atoms with van der Waals surface area (Å²) >= 11 is 0. The van der Waals surface area contributed by atoms with E-state index in [1.54, 1.807) is 0 Å². The average Bonchev–Trinajstić information content (AvgIpc) is 2.88. The van der Waals surface area contributed by atoms with E-state index in [0.717, 1.165) is 16.6 Å². The van der Waals surface area contributed by atoms with Gasteiger partial charge in [0.2, 0.25) is 0 Å². The quantitative estimate of drug-likeness (QED) is 0.579. The molecule has 2 N–H and O–H groups in total. The predicted octanol–water partition coefficient (Wildman–Crippen LogP) is 0.543. The number of rotatable bonds is 1. The molecule has 1 aromatic carbocycles. The van der Waals surface area contributed by atoms with Crippen molar-refractivity contribution in [1.82, 2.24) is 30.6 Å². The third-order valence-electron chi connectivity index (χ3n) is 1.99. The largest absolute Gasteiger partial charge is 0.335 e. The van der Waals surface area contributed by atoms with Crippen LogP contribution < -0.4 is 0 Å². The summed E-state index contributed by atoms with van der Waals surface area (Å²) in [4.78, 5) is 6.98. The molecule has 6 nitrogen and oxygen atoms in total. The van der Waals surface area contributed by atoms with Crippen molar-refractivity contribution in [3.63, 3.8) is 0 Å². The van der Waals surface area contributed by atoms with Gasteiger partial charge in [0, 0.05) is 5.56 Å². The zero-order chi connectivity index (χ0) is 9.38. The van der Waals surface area contributed by atoms with Crippen LogP contribution >= 0.6 is 0 Å². The third-order valence-corrected chi connectivity index (χ3v) is 1.99. The number of hydrogen-bond donors (Lipinski definition) is 2. The number of fused-ring (bicyclic) bond motifs is 1. The van der Waals surface area contributed by atoms with Crippen molar-refractivity contribution in [2.24, 2.45) is 0 Å². The SMILES string of the molecule is [c]1nc2c(-c3nnn[nH]3)cccc2[nH]1. The summed E-state index contributed by atoms with van der Waals surface area (Å²) in [5, 5.41) is 13.6. The van der Waals surface area contributed by atoms with Crippen LogP contribution in [0.2, 0.25) is 0 Å². The summed E-state index contributed by atoms with van der Waals surface area (Å²) in [7, 11) is 0. The van der Waals surface area contributed by atoms with Crippen LogP contribution in [0, 0.1) is 6.33 Å². The zero-order valence-electron chi connectivity index (χ0n) is 7.02. The first-order chi connectivity index (χ1) is 6.95. The van der Waals surface area contributed by atoms with Crippen LogP contribution in [0.25, 0.3) is 22.4 Å². The lowest BCUT2D eigenvalue weighted by Crippen LogP contribution is -1.83. The van der Waals surface area contributed by atoms with Crippen LogP contribution in [0.15, 0.2) is 18.2 Å². The Bertz CT molecular complexity index is 552. The fourth-order valence-electron chi connectivity index (χ4n) is 1.37. The zero-order valence-corrected chi connectivity index (χ0v) is 7.02. The van der Waals surface area contributed by atoms with Gasteiger partial charge in [0.25, 0.3) is 0 Å². The summed E-state index contributed by atoms with van der Waals surface area (Å²) in [6.07, 6.45) is 2.68. The van der Waals surface area contributed by atoms with Gasteiger partial charge in [-0.25, -0.2) is 10.1 Å². The van der Waals surface area contributed by atoms with E-state index in [1.165, 1.54) is 0 Å². The Morgan fingerprint density at radius 1 is 1.29 bits per heavy atom. The summed E-state index contributed by atoms with van der Waals surface area (Å²) in [6.45, 7) is 0. The molecule has 0 fully saturated rings. The Morgan fingerprint density at radius 2 is 2.29 bits per heavy atom. The molecular formula is C8H5N6. The minimum Gasteiger partial charge on any atom is -0.335 e. The minimum atomic E-state index is 0.608. The number of para-hydroxylation sites is 1. The maximum absolute atomic E-state index is 4.08. The smallest absolute Gasteiger partial charge is 0.181 e. The van der Waals surface area contributed by atoms with Gasteiger partial charge in [-0.15, -0.1) is 5.10 Å². The van der Waals surface area contributed by atoms with Gasteiger partial charge in [-0.05, 0) is 22.6 Å². The molecule has 0 unspecified atom stereocenters. The standard InChI is InChI=1S/C8H5N6/c1-2-5(8-11-13-14-12-8)7-6(3-1)9-4-10-7/h1-3H,(H,9,10)(H,11,12,13,14). The van der Waals surface area contributed by atoms with Crippen molar-refractivity contribution in [3.8, 4) is 11.4 Å². The highest BCUT2D eigenvalue weighted by atomic mass is 15.5. The Kier molecular flexibility index (Phi) is 1.35. The topological polar surface area (TPSA) is 83.1 Å². The third kappa shape index (κ3) is 0.905. The van der Waals surface area contributed by atoms with E-state index in [0.29, 0.717) is 5.82 Å². The molecule has 14 heavy (non-hydrogen) atoms. The van der Waals surface area contributed by atoms with E-state index in [4.69, 9.17) is 0 Å². The Hall–Kier alpha value is -2.24. The number of benzene rings is 1. The molecule has 3 rings (SSSR count). The van der Waals surface area contributed by atoms with E-state index in [1.807, 2.05) is 18.2 Å². The van der Waals surface area contributed by atoms with Crippen LogP contribution in [0.5, 0.6) is 0 Å². The lowest BCUT2D eigenvalue weighted by Gasteiger charge is -1.95. The van der Waals surface area contributed by atoms with Crippen molar-refractivity contribution in [3.05, 3.63) is 24.5 Å². The molecule has 67 valence electrons. The van der Waals surface area contributed by atoms with Gasteiger partial charge < -0.3 is 4.98 Å². The van der Waals surface area contributed by atoms with Crippen LogP contribution in [0.3, 0.4) is 0 Å². The van der Waals surface area contributed by atoms with E-state index in [-0.39, 0.29) is 0 Å². The first kappa shape index (κ1) is 7.19. The molecule has 0 aliphatic heterocycles. The molecule has 0 aliphatic rings. The predicted molar refractivity (Wildman–Crippen MR) is 48.1 cm³/mol. The Labute approximate surface area is 78.4 Å². The fourth-order valence-corrected chi connectivity index (χ4v) is 1.37. The number of tetrazole rings is 1. The maximum Gasteiger partial charge on any atom is 0.181 e. The van der Waals surface area contributed by atoms with E-state index in [2.05, 4.69) is 36.9 Å². The molecule has 2 aromatic heterocycles. The molecule has 0 saturated heterocycles. The highest BCUT2D eigenvalue weighted by molar-refractivity contribution is 5.89. The molecule has 3 aromatic rings. The minimum absolute atomic E-state index is 0.608. The van der Waals surface area contributed by atoms with Gasteiger partial charge in [-0.1, -0.05) is 6.07 Å². The van der Waals surface area contributed by atoms with Crippen molar-refractivity contribution in [1.29, 1.82) is 0 Å². The molecule has 0 bridgehead atoms. The van der Waals surface area contributed by atoms with Crippen molar-refractivity contribution < 1.29 is 0 Å². The number of nitrogens with one attached hydrogen (secondary N) is 2. The Morgan fingerprint density at radius 3 is 3.14 bits per heavy atom. The second-order valence-electron chi connectivity index (χ2n) is 2.80. The van der Waals surface area contributed by atoms with Gasteiger partial charge in [-0.3, -0.25) is 0 Å². The summed E-state index contributed by atoms with van der Waals surface area (Å²) in [5.41, 5.74) is 2.59. The highest BCUT2D eigenvalue weighted by Crippen LogP contribution is 2.21. The van der Waals surface area contributed by atoms with Crippen molar-refractivity contribution in [2.45, 2.75) is 0 Å². The Balaban J connectivity index is 2.36. The number of imidazole rings is 1. The maximum atomic E-state index is 4.08. The second kappa shape index (κ2) is 2.63. The van der Waals surface area contributed by atoms with Gasteiger partial charge in [0.1, 0.15) is 5.52 Å². The molecule has 0 aliphatic carbocycles. The molecular weight excluding hydrogens is 180 g/mol. The molecule has 0 spiro atoms. The fraction of sp³-hybridized carbons (Fsp3) is 0. The normalized spacial score (nSPS) is 10.9. The summed E-state index contributed by atoms with van der Waals surface area (Å²) in [6, 6.07) is 5.73. The number of hydrogen-bond acceptors (Lipinski definition) is 4. The number of aromatic amines is 2. The van der Waals surface area contributed by atoms with Crippen molar-refractivity contribution in [2.75, 3.05) is 0 Å². The van der Waals surface area contributed by atoms with Gasteiger partial charge in [0.15, 0.2) is 12.2 Å². The molecule has 0 amide bonds.